The lowest BCUT2D eigenvalue weighted by Crippen LogP contribution is -2.15. The number of hydrogen-bond acceptors (Lipinski definition) is 3. The molecule has 1 rings (SSSR count). The van der Waals surface area contributed by atoms with Crippen molar-refractivity contribution in [2.45, 2.75) is 13.0 Å². The van der Waals surface area contributed by atoms with E-state index in [1.165, 1.54) is 0 Å². The number of aliphatic hydroxyl groups excluding tert-OH is 1. The van der Waals surface area contributed by atoms with Gasteiger partial charge in [-0.1, -0.05) is 18.7 Å². The molecule has 0 aliphatic carbocycles. The van der Waals surface area contributed by atoms with Gasteiger partial charge in [-0.05, 0) is 40.1 Å². The van der Waals surface area contributed by atoms with Crippen molar-refractivity contribution in [1.29, 1.82) is 0 Å². The zero-order valence-electron chi connectivity index (χ0n) is 9.24. The summed E-state index contributed by atoms with van der Waals surface area (Å²) in [6.07, 6.45) is 0. The largest absolute Gasteiger partial charge is 0.488 e. The highest BCUT2D eigenvalue weighted by molar-refractivity contribution is 9.10. The molecule has 1 unspecified atom stereocenters. The van der Waals surface area contributed by atoms with Crippen LogP contribution in [0, 0.1) is 0 Å². The van der Waals surface area contributed by atoms with Gasteiger partial charge in [0, 0.05) is 0 Å². The van der Waals surface area contributed by atoms with Crippen molar-refractivity contribution in [3.8, 4) is 5.75 Å². The second-order valence-corrected chi connectivity index (χ2v) is 4.49. The van der Waals surface area contributed by atoms with Gasteiger partial charge in [-0.15, -0.1) is 0 Å². The third-order valence-electron chi connectivity index (χ3n) is 2.06. The van der Waals surface area contributed by atoms with Crippen molar-refractivity contribution in [1.82, 2.24) is 0 Å². The molecule has 0 saturated heterocycles. The molecule has 0 heterocycles. The van der Waals surface area contributed by atoms with Crippen LogP contribution in [0.3, 0.4) is 0 Å². The Bertz CT molecular complexity index is 379. The first kappa shape index (κ1) is 13.2. The van der Waals surface area contributed by atoms with E-state index in [4.69, 9.17) is 15.6 Å². The molecule has 4 heteroatoms. The van der Waals surface area contributed by atoms with Gasteiger partial charge in [-0.2, -0.15) is 0 Å². The zero-order valence-corrected chi connectivity index (χ0v) is 10.8. The Balaban J connectivity index is 2.90. The Hall–Kier alpha value is -0.840. The molecular weight excluding hydrogens is 270 g/mol. The molecule has 0 saturated carbocycles. The van der Waals surface area contributed by atoms with Crippen LogP contribution in [-0.2, 0) is 0 Å². The van der Waals surface area contributed by atoms with Gasteiger partial charge in [0.1, 0.15) is 12.4 Å². The van der Waals surface area contributed by atoms with Gasteiger partial charge in [0.25, 0.3) is 0 Å². The molecular formula is C12H16BrNO2. The first-order chi connectivity index (χ1) is 7.56. The average Bonchev–Trinajstić information content (AvgIpc) is 2.26. The Morgan fingerprint density at radius 2 is 2.31 bits per heavy atom. The van der Waals surface area contributed by atoms with E-state index in [-0.39, 0.29) is 6.61 Å². The number of nitrogens with two attached hydrogens (primary N) is 1. The smallest absolute Gasteiger partial charge is 0.134 e. The van der Waals surface area contributed by atoms with Gasteiger partial charge in [0.2, 0.25) is 0 Å². The monoisotopic (exact) mass is 285 g/mol. The number of benzene rings is 1. The van der Waals surface area contributed by atoms with E-state index in [1.54, 1.807) is 0 Å². The molecule has 0 aromatic heterocycles. The predicted octanol–water partition coefficient (Wildman–Crippen LogP) is 2.40. The van der Waals surface area contributed by atoms with Gasteiger partial charge in [0.15, 0.2) is 0 Å². The molecule has 1 aromatic carbocycles. The van der Waals surface area contributed by atoms with E-state index in [2.05, 4.69) is 22.5 Å². The Morgan fingerprint density at radius 3 is 2.88 bits per heavy atom. The van der Waals surface area contributed by atoms with E-state index in [9.17, 15) is 0 Å². The number of halogens is 1. The fraction of sp³-hybridized carbons (Fsp3) is 0.333. The summed E-state index contributed by atoms with van der Waals surface area (Å²) in [5.74, 6) is 0.712. The summed E-state index contributed by atoms with van der Waals surface area (Å²) in [5.41, 5.74) is 7.55. The van der Waals surface area contributed by atoms with Crippen molar-refractivity contribution < 1.29 is 9.84 Å². The Morgan fingerprint density at radius 1 is 1.62 bits per heavy atom. The molecule has 0 aliphatic rings. The summed E-state index contributed by atoms with van der Waals surface area (Å²) in [5, 5.41) is 9.02. The average molecular weight is 286 g/mol. The van der Waals surface area contributed by atoms with E-state index in [0.29, 0.717) is 12.4 Å². The van der Waals surface area contributed by atoms with Crippen LogP contribution in [-0.4, -0.2) is 18.3 Å². The van der Waals surface area contributed by atoms with E-state index in [1.807, 2.05) is 25.1 Å². The molecule has 1 atom stereocenters. The summed E-state index contributed by atoms with van der Waals surface area (Å²) in [4.78, 5) is 0. The summed E-state index contributed by atoms with van der Waals surface area (Å²) >= 11 is 3.43. The fourth-order valence-corrected chi connectivity index (χ4v) is 1.90. The molecule has 0 amide bonds. The second-order valence-electron chi connectivity index (χ2n) is 3.69. The maximum absolute atomic E-state index is 9.02. The molecule has 16 heavy (non-hydrogen) atoms. The van der Waals surface area contributed by atoms with Crippen LogP contribution in [0.1, 0.15) is 18.5 Å². The van der Waals surface area contributed by atoms with Crippen LogP contribution in [0.15, 0.2) is 34.8 Å². The molecule has 0 bridgehead atoms. The lowest BCUT2D eigenvalue weighted by atomic mass is 10.1. The first-order valence-corrected chi connectivity index (χ1v) is 5.77. The summed E-state index contributed by atoms with van der Waals surface area (Å²) in [6.45, 7) is 6.04. The van der Waals surface area contributed by atoms with Crippen molar-refractivity contribution >= 4 is 15.9 Å². The molecule has 3 nitrogen and oxygen atoms in total. The normalized spacial score (nSPS) is 12.2. The topological polar surface area (TPSA) is 55.5 Å². The van der Waals surface area contributed by atoms with Gasteiger partial charge in [-0.3, -0.25) is 0 Å². The van der Waals surface area contributed by atoms with Gasteiger partial charge in [0.05, 0.1) is 17.1 Å². The van der Waals surface area contributed by atoms with Crippen molar-refractivity contribution in [2.24, 2.45) is 5.73 Å². The van der Waals surface area contributed by atoms with Crippen LogP contribution in [0.2, 0.25) is 0 Å². The van der Waals surface area contributed by atoms with Crippen molar-refractivity contribution in [3.63, 3.8) is 0 Å². The van der Waals surface area contributed by atoms with Gasteiger partial charge < -0.3 is 15.6 Å². The van der Waals surface area contributed by atoms with Crippen LogP contribution >= 0.6 is 15.9 Å². The van der Waals surface area contributed by atoms with Gasteiger partial charge in [-0.25, -0.2) is 0 Å². The highest BCUT2D eigenvalue weighted by atomic mass is 79.9. The molecule has 1 aromatic rings. The third-order valence-corrected chi connectivity index (χ3v) is 2.91. The lowest BCUT2D eigenvalue weighted by molar-refractivity contribution is 0.267. The molecule has 3 N–H and O–H groups in total. The van der Waals surface area contributed by atoms with Crippen molar-refractivity contribution in [2.75, 3.05) is 13.2 Å². The maximum Gasteiger partial charge on any atom is 0.134 e. The number of ether oxygens (including phenoxy) is 1. The Labute approximate surface area is 104 Å². The SMILES string of the molecule is C=C(C)COc1cccc(C(N)CO)c1Br. The molecule has 0 radical (unpaired) electrons. The highest BCUT2D eigenvalue weighted by Gasteiger charge is 2.12. The van der Waals surface area contributed by atoms with Crippen LogP contribution in [0.5, 0.6) is 5.75 Å². The minimum absolute atomic E-state index is 0.0947. The molecule has 0 aliphatic heterocycles. The van der Waals surface area contributed by atoms with Crippen LogP contribution < -0.4 is 10.5 Å². The number of rotatable bonds is 5. The maximum atomic E-state index is 9.02. The summed E-state index contributed by atoms with van der Waals surface area (Å²) in [6, 6.07) is 5.16. The van der Waals surface area contributed by atoms with E-state index >= 15 is 0 Å². The quantitative estimate of drug-likeness (QED) is 0.817. The van der Waals surface area contributed by atoms with Crippen LogP contribution in [0.4, 0.5) is 0 Å². The minimum Gasteiger partial charge on any atom is -0.488 e. The predicted molar refractivity (Wildman–Crippen MR) is 68.5 cm³/mol. The van der Waals surface area contributed by atoms with E-state index < -0.39 is 6.04 Å². The van der Waals surface area contributed by atoms with E-state index in [0.717, 1.165) is 15.6 Å². The minimum atomic E-state index is -0.400. The molecule has 0 fully saturated rings. The second kappa shape index (κ2) is 6.03. The first-order valence-electron chi connectivity index (χ1n) is 4.98. The summed E-state index contributed by atoms with van der Waals surface area (Å²) in [7, 11) is 0. The standard InChI is InChI=1S/C12H16BrNO2/c1-8(2)7-16-11-5-3-4-9(12(11)13)10(14)6-15/h3-5,10,15H,1,6-7,14H2,2H3. The van der Waals surface area contributed by atoms with Gasteiger partial charge >= 0.3 is 0 Å². The third kappa shape index (κ3) is 3.33. The highest BCUT2D eigenvalue weighted by Crippen LogP contribution is 2.31. The Kier molecular flexibility index (Phi) is 4.99. The fourth-order valence-electron chi connectivity index (χ4n) is 1.22. The number of hydrogen-bond donors (Lipinski definition) is 2. The molecule has 0 spiro atoms. The van der Waals surface area contributed by atoms with Crippen LogP contribution in [0.25, 0.3) is 0 Å². The molecule has 88 valence electrons. The lowest BCUT2D eigenvalue weighted by Gasteiger charge is -2.14. The zero-order chi connectivity index (χ0) is 12.1. The van der Waals surface area contributed by atoms with Crippen molar-refractivity contribution in [3.05, 3.63) is 40.4 Å². The summed E-state index contributed by atoms with van der Waals surface area (Å²) < 4.78 is 6.34. The number of aliphatic hydroxyl groups is 1.